The number of nitrogens with zero attached hydrogens (tertiary/aromatic N) is 4. The molecule has 0 unspecified atom stereocenters. The Hall–Kier alpha value is -4.18. The Morgan fingerprint density at radius 3 is 2.60 bits per heavy atom. The average molecular weight is 659 g/mol. The van der Waals surface area contributed by atoms with Crippen LogP contribution in [0.4, 0.5) is 5.13 Å². The van der Waals surface area contributed by atoms with E-state index < -0.39 is 29.9 Å². The molecule has 4 heterocycles. The highest BCUT2D eigenvalue weighted by Gasteiger charge is 2.55. The average Bonchev–Trinajstić information content (AvgIpc) is 3.66. The minimum absolute atomic E-state index is 0.00423. The second-order valence-electron chi connectivity index (χ2n) is 11.9. The Labute approximate surface area is 268 Å². The molecule has 0 bridgehead atoms. The van der Waals surface area contributed by atoms with Crippen LogP contribution in [-0.2, 0) is 35.3 Å². The fourth-order valence-electron chi connectivity index (χ4n) is 5.22. The van der Waals surface area contributed by atoms with Crippen LogP contribution in [0.25, 0.3) is 0 Å². The lowest BCUT2D eigenvalue weighted by Gasteiger charge is -2.49. The summed E-state index contributed by atoms with van der Waals surface area (Å²) < 4.78 is 7.58. The number of thiazole rings is 1. The van der Waals surface area contributed by atoms with Gasteiger partial charge >= 0.3 is 5.97 Å². The first-order valence-corrected chi connectivity index (χ1v) is 16.4. The molecule has 1 saturated heterocycles. The smallest absolute Gasteiger partial charge is 0.356 e. The number of thioether (sulfide) groups is 1. The highest BCUT2D eigenvalue weighted by atomic mass is 32.2. The lowest BCUT2D eigenvalue weighted by molar-refractivity contribution is -0.684. The zero-order chi connectivity index (χ0) is 32.3. The number of oxime groups is 1. The topological polar surface area (TPSA) is 189 Å². The number of nitrogens with two attached hydrogens (primary N) is 1. The summed E-state index contributed by atoms with van der Waals surface area (Å²) in [5.41, 5.74) is 5.29. The van der Waals surface area contributed by atoms with Crippen molar-refractivity contribution < 1.29 is 38.4 Å². The number of pyridine rings is 1. The van der Waals surface area contributed by atoms with E-state index in [4.69, 9.17) is 15.3 Å². The number of carbonyl (C=O) groups is 4. The molecule has 2 aromatic heterocycles. The van der Waals surface area contributed by atoms with Gasteiger partial charge in [-0.1, -0.05) is 5.16 Å². The lowest BCUT2D eigenvalue weighted by Crippen LogP contribution is -2.73. The molecule has 16 heteroatoms. The minimum Gasteiger partial charge on any atom is -0.492 e. The van der Waals surface area contributed by atoms with Crippen LogP contribution in [0.15, 0.2) is 51.4 Å². The van der Waals surface area contributed by atoms with Crippen molar-refractivity contribution in [2.75, 3.05) is 18.1 Å². The van der Waals surface area contributed by atoms with Crippen LogP contribution in [-0.4, -0.2) is 80.5 Å². The molecule has 0 aromatic carbocycles. The number of β-lactam (4-membered cyclic amide) rings is 1. The van der Waals surface area contributed by atoms with E-state index in [1.807, 2.05) is 32.9 Å². The molecular weight excluding hydrogens is 622 g/mol. The third-order valence-corrected chi connectivity index (χ3v) is 8.97. The molecule has 240 valence electrons. The van der Waals surface area contributed by atoms with E-state index in [0.717, 1.165) is 46.8 Å². The Balaban J connectivity index is 1.23. The normalized spacial score (nSPS) is 20.3. The third-order valence-electron chi connectivity index (χ3n) is 7.29. The van der Waals surface area contributed by atoms with Crippen LogP contribution in [0.1, 0.15) is 52.1 Å². The van der Waals surface area contributed by atoms with Crippen molar-refractivity contribution in [2.24, 2.45) is 5.16 Å². The fourth-order valence-corrected chi connectivity index (χ4v) is 6.60. The van der Waals surface area contributed by atoms with Gasteiger partial charge in [-0.3, -0.25) is 19.3 Å². The highest BCUT2D eigenvalue weighted by molar-refractivity contribution is 7.99. The molecule has 3 amide bonds. The number of carboxylic acids is 1. The van der Waals surface area contributed by atoms with Crippen molar-refractivity contribution in [1.29, 1.82) is 0 Å². The fraction of sp³-hybridized carbons (Fsp3) is 0.483. The predicted molar refractivity (Wildman–Crippen MR) is 165 cm³/mol. The first-order chi connectivity index (χ1) is 21.4. The molecule has 0 spiro atoms. The van der Waals surface area contributed by atoms with Gasteiger partial charge in [-0.05, 0) is 46.5 Å². The number of carbonyl (C=O) groups excluding carboxylic acids is 3. The Morgan fingerprint density at radius 1 is 1.27 bits per heavy atom. The van der Waals surface area contributed by atoms with Crippen molar-refractivity contribution in [3.8, 4) is 0 Å². The summed E-state index contributed by atoms with van der Waals surface area (Å²) in [5.74, 6) is -2.38. The van der Waals surface area contributed by atoms with Crippen molar-refractivity contribution in [3.63, 3.8) is 0 Å². The second kappa shape index (κ2) is 13.4. The van der Waals surface area contributed by atoms with Crippen LogP contribution in [0.5, 0.6) is 0 Å². The van der Waals surface area contributed by atoms with Gasteiger partial charge in [-0.15, -0.1) is 23.1 Å². The van der Waals surface area contributed by atoms with E-state index >= 15 is 0 Å². The summed E-state index contributed by atoms with van der Waals surface area (Å²) in [4.78, 5) is 62.7. The van der Waals surface area contributed by atoms with E-state index in [0.29, 0.717) is 0 Å². The van der Waals surface area contributed by atoms with Crippen LogP contribution < -0.4 is 20.9 Å². The van der Waals surface area contributed by atoms with Gasteiger partial charge in [0.1, 0.15) is 36.2 Å². The van der Waals surface area contributed by atoms with Crippen LogP contribution >= 0.6 is 23.1 Å². The SMILES string of the molecule is CC(C)(C)NC(=O)C[n+]1ccc(SCC2=C(C(=O)O)N3C(=O)[C@@H](NC(=O)/C(=N\OC4CCCC4)c4csc(N)n4)[C@H]3CO2)cc1. The summed E-state index contributed by atoms with van der Waals surface area (Å²) in [6.45, 7) is 5.89. The predicted octanol–water partition coefficient (Wildman–Crippen LogP) is 1.41. The second-order valence-corrected chi connectivity index (χ2v) is 13.9. The molecule has 2 aliphatic heterocycles. The highest BCUT2D eigenvalue weighted by Crippen LogP contribution is 2.35. The standard InChI is InChI=1S/C29H35N7O7S2/c1-29(2,3)33-21(37)12-35-10-8-17(9-11-35)44-15-20-24(27(40)41)36-19(13-42-20)23(26(36)39)32-25(38)22(18-14-45-28(30)31-18)34-43-16-6-4-5-7-16/h8-11,14,16,19,23H,4-7,12-13,15H2,1-3H3,(H4-,30,31,32,33,37,38,40,41)/p+1/b34-22-/t19-,23+/m1/s1. The summed E-state index contributed by atoms with van der Waals surface area (Å²) in [6.07, 6.45) is 7.12. The molecule has 2 atom stereocenters. The number of anilines is 1. The number of hydrogen-bond donors (Lipinski definition) is 4. The zero-order valence-electron chi connectivity index (χ0n) is 25.1. The summed E-state index contributed by atoms with van der Waals surface area (Å²) in [7, 11) is 0. The number of ether oxygens (including phenoxy) is 1. The maximum atomic E-state index is 13.3. The number of aliphatic carboxylic acids is 1. The van der Waals surface area contributed by atoms with Crippen molar-refractivity contribution >= 4 is 57.6 Å². The van der Waals surface area contributed by atoms with Crippen LogP contribution in [0.2, 0.25) is 0 Å². The maximum Gasteiger partial charge on any atom is 0.356 e. The number of rotatable bonds is 11. The number of carboxylic acid groups (broad SMARTS) is 1. The molecule has 2 aromatic rings. The van der Waals surface area contributed by atoms with Crippen molar-refractivity contribution in [1.82, 2.24) is 20.5 Å². The molecule has 14 nitrogen and oxygen atoms in total. The Bertz CT molecular complexity index is 1530. The minimum atomic E-state index is -1.31. The van der Waals surface area contributed by atoms with E-state index in [1.54, 1.807) is 22.3 Å². The largest absolute Gasteiger partial charge is 0.492 e. The van der Waals surface area contributed by atoms with Gasteiger partial charge in [-0.25, -0.2) is 9.78 Å². The Kier molecular flexibility index (Phi) is 9.62. The number of aromatic nitrogens is 2. The summed E-state index contributed by atoms with van der Waals surface area (Å²) in [5, 5.41) is 21.5. The first kappa shape index (κ1) is 32.2. The first-order valence-electron chi connectivity index (χ1n) is 14.5. The monoisotopic (exact) mass is 658 g/mol. The number of amides is 3. The summed E-state index contributed by atoms with van der Waals surface area (Å²) in [6, 6.07) is 1.89. The third kappa shape index (κ3) is 7.73. The molecule has 5 N–H and O–H groups in total. The van der Waals surface area contributed by atoms with Gasteiger partial charge in [0, 0.05) is 27.9 Å². The van der Waals surface area contributed by atoms with Gasteiger partial charge in [-0.2, -0.15) is 4.57 Å². The Morgan fingerprint density at radius 2 is 1.98 bits per heavy atom. The van der Waals surface area contributed by atoms with Gasteiger partial charge in [0.25, 0.3) is 17.7 Å². The zero-order valence-corrected chi connectivity index (χ0v) is 26.8. The van der Waals surface area contributed by atoms with E-state index in [9.17, 15) is 24.3 Å². The van der Waals surface area contributed by atoms with E-state index in [1.165, 1.54) is 11.8 Å². The quantitative estimate of drug-likeness (QED) is 0.0903. The number of nitrogen functional groups attached to an aromatic ring is 1. The molecule has 0 radical (unpaired) electrons. The molecule has 3 aliphatic rings. The van der Waals surface area contributed by atoms with E-state index in [-0.39, 0.29) is 64.4 Å². The van der Waals surface area contributed by atoms with Gasteiger partial charge < -0.3 is 31.0 Å². The molecule has 45 heavy (non-hydrogen) atoms. The van der Waals surface area contributed by atoms with Crippen molar-refractivity contribution in [2.45, 2.75) is 81.6 Å². The molecule has 1 saturated carbocycles. The van der Waals surface area contributed by atoms with Gasteiger partial charge in [0.05, 0.1) is 5.75 Å². The maximum absolute atomic E-state index is 13.3. The van der Waals surface area contributed by atoms with Gasteiger partial charge in [0.15, 0.2) is 28.9 Å². The molecular formula is C29H36N7O7S2+. The van der Waals surface area contributed by atoms with Gasteiger partial charge in [0.2, 0.25) is 6.54 Å². The number of nitrogens with one attached hydrogen (secondary N) is 2. The van der Waals surface area contributed by atoms with Crippen molar-refractivity contribution in [3.05, 3.63) is 47.1 Å². The lowest BCUT2D eigenvalue weighted by atomic mass is 9.92. The van der Waals surface area contributed by atoms with Crippen LogP contribution in [0.3, 0.4) is 0 Å². The molecule has 5 rings (SSSR count). The molecule has 1 aliphatic carbocycles. The number of hydrogen-bond acceptors (Lipinski definition) is 11. The van der Waals surface area contributed by atoms with Crippen LogP contribution in [0, 0.1) is 0 Å². The summed E-state index contributed by atoms with van der Waals surface area (Å²) >= 11 is 2.47. The van der Waals surface area contributed by atoms with E-state index in [2.05, 4.69) is 20.8 Å². The molecule has 2 fully saturated rings. The number of fused-ring (bicyclic) bond motifs is 1.